The van der Waals surface area contributed by atoms with Gasteiger partial charge in [-0.3, -0.25) is 0 Å². The summed E-state index contributed by atoms with van der Waals surface area (Å²) < 4.78 is 13.8. The highest BCUT2D eigenvalue weighted by Gasteiger charge is 2.55. The molecule has 11 aromatic rings. The summed E-state index contributed by atoms with van der Waals surface area (Å²) in [7, 11) is 0. The normalized spacial score (nSPS) is 15.9. The number of rotatable bonds is 5. The maximum Gasteiger partial charge on any atom is 0.159 e. The van der Waals surface area contributed by atoms with E-state index in [9.17, 15) is 0 Å². The van der Waals surface area contributed by atoms with Crippen LogP contribution in [0.5, 0.6) is 0 Å². The summed E-state index contributed by atoms with van der Waals surface area (Å²) >= 11 is 0. The van der Waals surface area contributed by atoms with E-state index in [2.05, 4.69) is 211 Å². The van der Waals surface area contributed by atoms with Crippen molar-refractivity contribution in [2.24, 2.45) is 0 Å². The molecule has 3 nitrogen and oxygen atoms in total. The highest BCUT2D eigenvalue weighted by atomic mass is 16.3. The van der Waals surface area contributed by atoms with Gasteiger partial charge in [0.2, 0.25) is 0 Å². The molecule has 0 aliphatic heterocycles. The van der Waals surface area contributed by atoms with Crippen LogP contribution in [0.3, 0.4) is 0 Å². The molecule has 3 heteroatoms. The quantitative estimate of drug-likeness (QED) is 0.173. The summed E-state index contributed by atoms with van der Waals surface area (Å²) in [5, 5.41) is 4.47. The monoisotopic (exact) mass is 817 g/mol. The van der Waals surface area contributed by atoms with Crippen molar-refractivity contribution in [1.82, 2.24) is 0 Å². The Hall–Kier alpha value is -8.14. The average molecular weight is 818 g/mol. The van der Waals surface area contributed by atoms with Crippen LogP contribution in [-0.4, -0.2) is 0 Å². The van der Waals surface area contributed by atoms with Crippen molar-refractivity contribution in [3.63, 3.8) is 0 Å². The Kier molecular flexibility index (Phi) is 7.44. The summed E-state index contributed by atoms with van der Waals surface area (Å²) in [6.07, 6.45) is 6.85. The lowest BCUT2D eigenvalue weighted by Crippen LogP contribution is -2.29. The van der Waals surface area contributed by atoms with Crippen LogP contribution in [0, 0.1) is 0 Å². The molecule has 64 heavy (non-hydrogen) atoms. The van der Waals surface area contributed by atoms with Crippen LogP contribution >= 0.6 is 0 Å². The fourth-order valence-electron chi connectivity index (χ4n) is 11.5. The van der Waals surface area contributed by atoms with Crippen molar-refractivity contribution in [2.75, 3.05) is 4.90 Å². The van der Waals surface area contributed by atoms with Gasteiger partial charge in [-0.1, -0.05) is 170 Å². The second-order valence-electron chi connectivity index (χ2n) is 17.4. The van der Waals surface area contributed by atoms with Crippen molar-refractivity contribution in [2.45, 2.75) is 18.3 Å². The molecule has 300 valence electrons. The number of fused-ring (bicyclic) bond motifs is 15. The number of allylic oxidation sites excluding steroid dienone is 4. The van der Waals surface area contributed by atoms with Crippen LogP contribution in [0.25, 0.3) is 82.8 Å². The summed E-state index contributed by atoms with van der Waals surface area (Å²) in [4.78, 5) is 2.48. The van der Waals surface area contributed by atoms with E-state index < -0.39 is 5.41 Å². The molecule has 3 aliphatic rings. The molecule has 0 N–H and O–H groups in total. The van der Waals surface area contributed by atoms with Crippen LogP contribution in [0.2, 0.25) is 0 Å². The Morgan fingerprint density at radius 3 is 1.73 bits per heavy atom. The first-order valence-corrected chi connectivity index (χ1v) is 22.3. The van der Waals surface area contributed by atoms with Crippen molar-refractivity contribution in [3.8, 4) is 33.4 Å². The molecule has 0 amide bonds. The zero-order valence-corrected chi connectivity index (χ0v) is 34.9. The predicted molar refractivity (Wildman–Crippen MR) is 264 cm³/mol. The molecule has 0 saturated heterocycles. The highest BCUT2D eigenvalue weighted by Crippen LogP contribution is 2.67. The number of hydrogen-bond acceptors (Lipinski definition) is 3. The maximum absolute atomic E-state index is 7.23. The molecule has 2 heterocycles. The molecule has 0 radical (unpaired) electrons. The number of furan rings is 2. The number of hydrogen-bond donors (Lipinski definition) is 0. The first-order chi connectivity index (χ1) is 31.8. The van der Waals surface area contributed by atoms with Crippen LogP contribution in [-0.2, 0) is 5.41 Å². The van der Waals surface area contributed by atoms with E-state index in [1.54, 1.807) is 0 Å². The third kappa shape index (κ3) is 4.81. The Morgan fingerprint density at radius 1 is 0.422 bits per heavy atom. The maximum atomic E-state index is 7.23. The van der Waals surface area contributed by atoms with Gasteiger partial charge < -0.3 is 13.7 Å². The fraction of sp³-hybridized carbons (Fsp3) is 0.0492. The van der Waals surface area contributed by atoms with E-state index in [0.29, 0.717) is 0 Å². The largest absolute Gasteiger partial charge is 0.455 e. The zero-order chi connectivity index (χ0) is 41.9. The molecule has 9 aromatic carbocycles. The molecule has 1 spiro atoms. The third-order valence-corrected chi connectivity index (χ3v) is 14.2. The summed E-state index contributed by atoms with van der Waals surface area (Å²) in [6.45, 7) is 0. The second kappa shape index (κ2) is 13.4. The Morgan fingerprint density at radius 2 is 0.984 bits per heavy atom. The number of benzene rings is 9. The van der Waals surface area contributed by atoms with Gasteiger partial charge >= 0.3 is 0 Å². The van der Waals surface area contributed by atoms with E-state index >= 15 is 0 Å². The summed E-state index contributed by atoms with van der Waals surface area (Å²) in [6, 6.07) is 72.8. The molecule has 0 fully saturated rings. The topological polar surface area (TPSA) is 29.5 Å². The third-order valence-electron chi connectivity index (χ3n) is 14.2. The molecule has 3 aliphatic carbocycles. The molecule has 0 saturated carbocycles. The fourth-order valence-corrected chi connectivity index (χ4v) is 11.5. The van der Waals surface area contributed by atoms with E-state index in [0.717, 1.165) is 84.9 Å². The lowest BCUT2D eigenvalue weighted by atomic mass is 9.68. The van der Waals surface area contributed by atoms with Crippen molar-refractivity contribution >= 4 is 66.5 Å². The summed E-state index contributed by atoms with van der Waals surface area (Å²) in [5.41, 5.74) is 21.2. The molecule has 0 bridgehead atoms. The van der Waals surface area contributed by atoms with Gasteiger partial charge in [0.25, 0.3) is 0 Å². The number of anilines is 3. The van der Waals surface area contributed by atoms with Crippen LogP contribution in [0.4, 0.5) is 17.1 Å². The van der Waals surface area contributed by atoms with Gasteiger partial charge in [0.05, 0.1) is 11.1 Å². The minimum Gasteiger partial charge on any atom is -0.455 e. The second-order valence-corrected chi connectivity index (χ2v) is 17.4. The Balaban J connectivity index is 1.08. The summed E-state index contributed by atoms with van der Waals surface area (Å²) in [5.74, 6) is 0. The van der Waals surface area contributed by atoms with Gasteiger partial charge in [0, 0.05) is 44.0 Å². The van der Waals surface area contributed by atoms with Crippen LogP contribution in [0.15, 0.2) is 227 Å². The van der Waals surface area contributed by atoms with E-state index in [4.69, 9.17) is 8.83 Å². The first-order valence-electron chi connectivity index (χ1n) is 22.3. The van der Waals surface area contributed by atoms with E-state index in [1.165, 1.54) is 55.7 Å². The lowest BCUT2D eigenvalue weighted by Gasteiger charge is -2.36. The average Bonchev–Trinajstić information content (AvgIpc) is 4.10. The first kappa shape index (κ1) is 35.5. The number of para-hydroxylation sites is 3. The minimum atomic E-state index is -0.573. The van der Waals surface area contributed by atoms with Gasteiger partial charge in [0.15, 0.2) is 5.58 Å². The van der Waals surface area contributed by atoms with Crippen LogP contribution < -0.4 is 4.90 Å². The Labute approximate surface area is 370 Å². The van der Waals surface area contributed by atoms with Gasteiger partial charge in [-0.05, 0) is 111 Å². The molecule has 14 rings (SSSR count). The van der Waals surface area contributed by atoms with Crippen molar-refractivity contribution in [3.05, 3.63) is 240 Å². The van der Waals surface area contributed by atoms with Crippen molar-refractivity contribution in [1.29, 1.82) is 0 Å². The molecular weight excluding hydrogens is 779 g/mol. The van der Waals surface area contributed by atoms with Gasteiger partial charge in [-0.15, -0.1) is 0 Å². The van der Waals surface area contributed by atoms with Gasteiger partial charge in [-0.25, -0.2) is 0 Å². The van der Waals surface area contributed by atoms with Gasteiger partial charge in [-0.2, -0.15) is 0 Å². The van der Waals surface area contributed by atoms with Crippen molar-refractivity contribution < 1.29 is 8.83 Å². The zero-order valence-electron chi connectivity index (χ0n) is 34.9. The van der Waals surface area contributed by atoms with E-state index in [-0.39, 0.29) is 0 Å². The van der Waals surface area contributed by atoms with Crippen LogP contribution in [0.1, 0.15) is 35.1 Å². The predicted octanol–water partition coefficient (Wildman–Crippen LogP) is 16.7. The highest BCUT2D eigenvalue weighted by molar-refractivity contribution is 6.16. The molecule has 1 unspecified atom stereocenters. The molecule has 1 atom stereocenters. The standard InChI is InChI=1S/C61H39NO2/c1-2-15-38(16-3-1)39-29-33-41(34-30-39)62(42-35-31-40(32-36-42)43-22-14-23-49-47-20-7-12-27-55(47)63-59(43)49)58-57-50(37-51-48-21-8-13-28-56(48)64-60(51)58)46-19-6-11-26-54(46)61(57)52-24-9-4-17-44(52)45-18-5-10-25-53(45)61/h1-4,6-17,19-37H,5,18H2. The minimum absolute atomic E-state index is 0.573. The number of nitrogens with zero attached hydrogens (tertiary/aromatic N) is 1. The lowest BCUT2D eigenvalue weighted by molar-refractivity contribution is 0.666. The SMILES string of the molecule is C1=CC2=C(CC1)c1ccccc1C21c2ccccc2-c2cc3c(oc4ccccc43)c(N(c3ccc(-c4ccccc4)cc3)c3ccc(-c4cccc5c4oc4ccccc45)cc3)c21. The van der Waals surface area contributed by atoms with Gasteiger partial charge in [0.1, 0.15) is 16.7 Å². The molecular formula is C61H39NO2. The van der Waals surface area contributed by atoms with E-state index in [1.807, 2.05) is 6.07 Å². The molecule has 2 aromatic heterocycles. The Bertz CT molecular complexity index is 3770. The smallest absolute Gasteiger partial charge is 0.159 e.